The van der Waals surface area contributed by atoms with Crippen LogP contribution >= 0.6 is 9.69 Å². The van der Waals surface area contributed by atoms with E-state index in [2.05, 4.69) is 27.7 Å². The molecule has 0 saturated heterocycles. The van der Waals surface area contributed by atoms with Crippen LogP contribution in [-0.4, -0.2) is 0 Å². The zero-order chi connectivity index (χ0) is 9.98. The fraction of sp³-hybridized carbons (Fsp3) is 0.900. The Kier molecular flexibility index (Phi) is 15.3. The summed E-state index contributed by atoms with van der Waals surface area (Å²) in [6, 6.07) is 0. The van der Waals surface area contributed by atoms with Crippen molar-refractivity contribution in [2.45, 2.75) is 46.5 Å². The van der Waals surface area contributed by atoms with Gasteiger partial charge in [0.2, 0.25) is 0 Å². The molecule has 0 spiro atoms. The molecule has 0 heterocycles. The van der Waals surface area contributed by atoms with Gasteiger partial charge in [0.1, 0.15) is 0 Å². The van der Waals surface area contributed by atoms with Crippen LogP contribution < -0.4 is 0 Å². The number of hydrogen-bond donors (Lipinski definition) is 0. The van der Waals surface area contributed by atoms with Gasteiger partial charge in [-0.3, -0.25) is 0 Å². The van der Waals surface area contributed by atoms with Crippen molar-refractivity contribution in [2.24, 2.45) is 11.8 Å². The molecule has 0 aliphatic rings. The summed E-state index contributed by atoms with van der Waals surface area (Å²) in [5, 5.41) is 0. The average Bonchev–Trinajstić information content (AvgIpc) is 2.07. The second kappa shape index (κ2) is 11.9. The first-order chi connectivity index (χ1) is 5.66. The molecule has 1 atom stereocenters. The average molecular weight is 242 g/mol. The van der Waals surface area contributed by atoms with Crippen LogP contribution in [0.3, 0.4) is 0 Å². The van der Waals surface area contributed by atoms with Gasteiger partial charge >= 0.3 is 27.0 Å². The van der Waals surface area contributed by atoms with Crippen molar-refractivity contribution in [3.8, 4) is 0 Å². The van der Waals surface area contributed by atoms with E-state index in [1.54, 1.807) is 0 Å². The summed E-state index contributed by atoms with van der Waals surface area (Å²) >= 11 is 0.847. The molecule has 0 N–H and O–H groups in total. The van der Waals surface area contributed by atoms with Crippen molar-refractivity contribution in [3.05, 3.63) is 6.92 Å². The van der Waals surface area contributed by atoms with E-state index >= 15 is 0 Å². The normalized spacial score (nSPS) is 12.3. The molecule has 12 heavy (non-hydrogen) atoms. The summed E-state index contributed by atoms with van der Waals surface area (Å²) in [6.45, 7) is 10.7. The predicted molar refractivity (Wildman–Crippen MR) is 53.7 cm³/mol. The van der Waals surface area contributed by atoms with Gasteiger partial charge in [-0.1, -0.05) is 46.0 Å². The Hall–Kier alpha value is 0.913. The molecule has 0 aromatic heterocycles. The van der Waals surface area contributed by atoms with Crippen LogP contribution in [0.4, 0.5) is 0 Å². The van der Waals surface area contributed by atoms with Crippen LogP contribution in [0, 0.1) is 18.8 Å². The summed E-state index contributed by atoms with van der Waals surface area (Å²) in [6.07, 6.45) is 5.22. The van der Waals surface area contributed by atoms with Gasteiger partial charge in [0, 0.05) is 0 Å². The summed E-state index contributed by atoms with van der Waals surface area (Å²) in [4.78, 5) is 0. The van der Waals surface area contributed by atoms with Crippen LogP contribution in [0.25, 0.3) is 0 Å². The van der Waals surface area contributed by atoms with Gasteiger partial charge in [0.15, 0.2) is 0 Å². The molecule has 0 aromatic rings. The Morgan fingerprint density at radius 2 is 1.67 bits per heavy atom. The van der Waals surface area contributed by atoms with Gasteiger partial charge in [0.25, 0.3) is 0 Å². The fourth-order valence-electron chi connectivity index (χ4n) is 1.02. The molecule has 1 unspecified atom stereocenters. The molecule has 70 valence electrons. The molecule has 0 rings (SSSR count). The van der Waals surface area contributed by atoms with Crippen LogP contribution in [0.15, 0.2) is 0 Å². The third-order valence-electron chi connectivity index (χ3n) is 1.97. The van der Waals surface area contributed by atoms with Crippen molar-refractivity contribution >= 4 is 9.69 Å². The molecule has 2 heteroatoms. The first kappa shape index (κ1) is 15.4. The maximum atomic E-state index is 4.76. The zero-order valence-electron chi connectivity index (χ0n) is 8.78. The monoisotopic (exact) mass is 240 g/mol. The first-order valence-corrected chi connectivity index (χ1v) is 8.62. The summed E-state index contributed by atoms with van der Waals surface area (Å²) in [7, 11) is 4.76. The molecule has 0 bridgehead atoms. The predicted octanol–water partition coefficient (Wildman–Crippen LogP) is 4.36. The molecule has 0 saturated carbocycles. The first-order valence-electron chi connectivity index (χ1n) is 4.72. The Morgan fingerprint density at radius 3 is 2.00 bits per heavy atom. The van der Waals surface area contributed by atoms with Gasteiger partial charge in [-0.05, 0) is 5.92 Å². The zero-order valence-corrected chi connectivity index (χ0v) is 12.5. The molecule has 0 radical (unpaired) electrons. The van der Waals surface area contributed by atoms with E-state index in [1.165, 1.54) is 19.3 Å². The van der Waals surface area contributed by atoms with E-state index in [1.807, 2.05) is 0 Å². The molecular formula is C10H21ClZn. The van der Waals surface area contributed by atoms with Gasteiger partial charge in [-0.25, -0.2) is 0 Å². The molecule has 0 aliphatic carbocycles. The minimum absolute atomic E-state index is 0.832. The van der Waals surface area contributed by atoms with Crippen molar-refractivity contribution in [1.29, 1.82) is 0 Å². The second-order valence-corrected chi connectivity index (χ2v) is 3.72. The summed E-state index contributed by atoms with van der Waals surface area (Å²) in [5.74, 6) is 1.70. The third-order valence-corrected chi connectivity index (χ3v) is 1.97. The van der Waals surface area contributed by atoms with E-state index in [9.17, 15) is 0 Å². The van der Waals surface area contributed by atoms with Crippen molar-refractivity contribution in [2.75, 3.05) is 0 Å². The van der Waals surface area contributed by atoms with Crippen molar-refractivity contribution in [1.82, 2.24) is 0 Å². The summed E-state index contributed by atoms with van der Waals surface area (Å²) in [5.41, 5.74) is 0. The second-order valence-electron chi connectivity index (χ2n) is 3.72. The standard InChI is InChI=1S/C10H21.ClH.Zn/c1-5-10(4)8-6-7-9(2)3;;/h9-10H,1,5-8H2,2-4H3;1H;/q-1;;+2/p-1. The summed E-state index contributed by atoms with van der Waals surface area (Å²) < 4.78 is 0. The van der Waals surface area contributed by atoms with E-state index in [4.69, 9.17) is 9.69 Å². The van der Waals surface area contributed by atoms with Crippen LogP contribution in [-0.2, 0) is 17.3 Å². The van der Waals surface area contributed by atoms with Gasteiger partial charge in [0.05, 0.1) is 0 Å². The van der Waals surface area contributed by atoms with Crippen LogP contribution in [0.5, 0.6) is 0 Å². The number of hydrogen-bond acceptors (Lipinski definition) is 0. The van der Waals surface area contributed by atoms with Crippen LogP contribution in [0.2, 0.25) is 0 Å². The van der Waals surface area contributed by atoms with E-state index in [-0.39, 0.29) is 0 Å². The fourth-order valence-corrected chi connectivity index (χ4v) is 1.02. The third kappa shape index (κ3) is 13.5. The van der Waals surface area contributed by atoms with E-state index < -0.39 is 0 Å². The van der Waals surface area contributed by atoms with Gasteiger partial charge in [-0.2, -0.15) is 6.42 Å². The van der Waals surface area contributed by atoms with E-state index in [0.717, 1.165) is 35.6 Å². The van der Waals surface area contributed by atoms with Gasteiger partial charge in [-0.15, -0.1) is 0 Å². The van der Waals surface area contributed by atoms with Crippen molar-refractivity contribution in [3.63, 3.8) is 0 Å². The minimum atomic E-state index is 0.832. The molecule has 0 amide bonds. The van der Waals surface area contributed by atoms with Crippen molar-refractivity contribution < 1.29 is 17.3 Å². The Balaban J connectivity index is 0. The Labute approximate surface area is 92.2 Å². The van der Waals surface area contributed by atoms with E-state index in [0.29, 0.717) is 0 Å². The molecule has 0 aliphatic heterocycles. The molecular weight excluding hydrogens is 221 g/mol. The SMILES string of the molecule is [CH2-]CC(C)CCCC(C)C.[Cl][Zn+]. The molecule has 0 aromatic carbocycles. The Morgan fingerprint density at radius 1 is 1.17 bits per heavy atom. The topological polar surface area (TPSA) is 0 Å². The number of halogens is 1. The van der Waals surface area contributed by atoms with Crippen LogP contribution in [0.1, 0.15) is 46.5 Å². The molecule has 0 nitrogen and oxygen atoms in total. The quantitative estimate of drug-likeness (QED) is 0.496. The number of rotatable bonds is 5. The Bertz CT molecular complexity index is 74.2. The maximum absolute atomic E-state index is 4.76. The molecule has 0 fully saturated rings. The van der Waals surface area contributed by atoms with Gasteiger partial charge < -0.3 is 6.92 Å².